The molecule has 16 heavy (non-hydrogen) atoms. The van der Waals surface area contributed by atoms with E-state index < -0.39 is 0 Å². The highest BCUT2D eigenvalue weighted by Gasteiger charge is 2.05. The van der Waals surface area contributed by atoms with Gasteiger partial charge in [-0.3, -0.25) is 0 Å². The summed E-state index contributed by atoms with van der Waals surface area (Å²) in [5, 5.41) is 4.23. The predicted octanol–water partition coefficient (Wildman–Crippen LogP) is 2.08. The van der Waals surface area contributed by atoms with E-state index in [1.165, 1.54) is 0 Å². The van der Waals surface area contributed by atoms with Crippen molar-refractivity contribution in [3.63, 3.8) is 0 Å². The number of methoxy groups -OCH3 is 1. The van der Waals surface area contributed by atoms with Crippen LogP contribution in [0.4, 0.5) is 5.82 Å². The topological polar surface area (TPSA) is 53.1 Å². The summed E-state index contributed by atoms with van der Waals surface area (Å²) in [6.45, 7) is 3.94. The van der Waals surface area contributed by atoms with Gasteiger partial charge in [-0.25, -0.2) is 4.68 Å². The first-order chi connectivity index (χ1) is 7.61. The Bertz CT molecular complexity index is 497. The van der Waals surface area contributed by atoms with Gasteiger partial charge in [-0.1, -0.05) is 0 Å². The quantitative estimate of drug-likeness (QED) is 0.837. The highest BCUT2D eigenvalue weighted by Crippen LogP contribution is 2.21. The first kappa shape index (κ1) is 10.5. The second-order valence-corrected chi connectivity index (χ2v) is 3.80. The highest BCUT2D eigenvalue weighted by molar-refractivity contribution is 5.45. The van der Waals surface area contributed by atoms with E-state index in [4.69, 9.17) is 10.5 Å². The van der Waals surface area contributed by atoms with Crippen molar-refractivity contribution >= 4 is 5.82 Å². The SMILES string of the molecule is COc1ccc(-n2cc(C)c(N)n2)cc1C. The second kappa shape index (κ2) is 3.89. The van der Waals surface area contributed by atoms with Gasteiger partial charge in [0, 0.05) is 11.8 Å². The monoisotopic (exact) mass is 217 g/mol. The van der Waals surface area contributed by atoms with E-state index in [1.54, 1.807) is 11.8 Å². The van der Waals surface area contributed by atoms with E-state index in [2.05, 4.69) is 5.10 Å². The summed E-state index contributed by atoms with van der Waals surface area (Å²) in [6, 6.07) is 5.90. The van der Waals surface area contributed by atoms with Crippen LogP contribution in [0.3, 0.4) is 0 Å². The summed E-state index contributed by atoms with van der Waals surface area (Å²) >= 11 is 0. The summed E-state index contributed by atoms with van der Waals surface area (Å²) in [4.78, 5) is 0. The van der Waals surface area contributed by atoms with Crippen LogP contribution in [-0.4, -0.2) is 16.9 Å². The number of nitrogens with two attached hydrogens (primary N) is 1. The number of ether oxygens (including phenoxy) is 1. The number of aromatic nitrogens is 2. The van der Waals surface area contributed by atoms with Crippen molar-refractivity contribution in [2.24, 2.45) is 0 Å². The molecule has 2 N–H and O–H groups in total. The van der Waals surface area contributed by atoms with Gasteiger partial charge in [-0.15, -0.1) is 0 Å². The smallest absolute Gasteiger partial charge is 0.148 e. The van der Waals surface area contributed by atoms with E-state index in [-0.39, 0.29) is 0 Å². The van der Waals surface area contributed by atoms with Gasteiger partial charge < -0.3 is 10.5 Å². The van der Waals surface area contributed by atoms with Crippen LogP contribution >= 0.6 is 0 Å². The fourth-order valence-corrected chi connectivity index (χ4v) is 1.61. The van der Waals surface area contributed by atoms with Crippen LogP contribution in [0.25, 0.3) is 5.69 Å². The lowest BCUT2D eigenvalue weighted by atomic mass is 10.2. The van der Waals surface area contributed by atoms with E-state index in [0.29, 0.717) is 5.82 Å². The van der Waals surface area contributed by atoms with Gasteiger partial charge in [0.2, 0.25) is 0 Å². The van der Waals surface area contributed by atoms with Crippen LogP contribution in [0, 0.1) is 13.8 Å². The van der Waals surface area contributed by atoms with Gasteiger partial charge in [0.25, 0.3) is 0 Å². The van der Waals surface area contributed by atoms with E-state index in [9.17, 15) is 0 Å². The van der Waals surface area contributed by atoms with Crippen LogP contribution in [0.1, 0.15) is 11.1 Å². The summed E-state index contributed by atoms with van der Waals surface area (Å²) in [6.07, 6.45) is 1.91. The molecular weight excluding hydrogens is 202 g/mol. The van der Waals surface area contributed by atoms with Crippen molar-refractivity contribution in [2.45, 2.75) is 13.8 Å². The van der Waals surface area contributed by atoms with Crippen molar-refractivity contribution in [3.05, 3.63) is 35.5 Å². The van der Waals surface area contributed by atoms with Crippen LogP contribution in [0.5, 0.6) is 5.75 Å². The Morgan fingerprint density at radius 3 is 2.50 bits per heavy atom. The Labute approximate surface area is 94.6 Å². The van der Waals surface area contributed by atoms with E-state index in [0.717, 1.165) is 22.6 Å². The van der Waals surface area contributed by atoms with Crippen molar-refractivity contribution in [2.75, 3.05) is 12.8 Å². The molecule has 0 atom stereocenters. The van der Waals surface area contributed by atoms with Gasteiger partial charge in [-0.05, 0) is 37.6 Å². The number of nitrogens with zero attached hydrogens (tertiary/aromatic N) is 2. The molecule has 0 aliphatic heterocycles. The first-order valence-electron chi connectivity index (χ1n) is 5.08. The lowest BCUT2D eigenvalue weighted by molar-refractivity contribution is 0.411. The molecule has 1 aromatic carbocycles. The number of anilines is 1. The highest BCUT2D eigenvalue weighted by atomic mass is 16.5. The summed E-state index contributed by atoms with van der Waals surface area (Å²) in [5.74, 6) is 1.44. The third-order valence-corrected chi connectivity index (χ3v) is 2.58. The van der Waals surface area contributed by atoms with Crippen molar-refractivity contribution in [3.8, 4) is 11.4 Å². The lowest BCUT2D eigenvalue weighted by Gasteiger charge is -2.07. The lowest BCUT2D eigenvalue weighted by Crippen LogP contribution is -1.97. The summed E-state index contributed by atoms with van der Waals surface area (Å²) in [7, 11) is 1.66. The van der Waals surface area contributed by atoms with Gasteiger partial charge in [0.05, 0.1) is 12.8 Å². The molecule has 0 bridgehead atoms. The van der Waals surface area contributed by atoms with Gasteiger partial charge in [0.15, 0.2) is 0 Å². The van der Waals surface area contributed by atoms with E-state index in [1.807, 2.05) is 38.2 Å². The fraction of sp³-hybridized carbons (Fsp3) is 0.250. The normalized spacial score (nSPS) is 10.4. The number of nitrogen functional groups attached to an aromatic ring is 1. The number of hydrogen-bond donors (Lipinski definition) is 1. The molecule has 0 saturated carbocycles. The van der Waals surface area contributed by atoms with Crippen LogP contribution in [0.2, 0.25) is 0 Å². The molecule has 0 radical (unpaired) electrons. The summed E-state index contributed by atoms with van der Waals surface area (Å²) in [5.41, 5.74) is 8.76. The largest absolute Gasteiger partial charge is 0.496 e. The Morgan fingerprint density at radius 2 is 2.00 bits per heavy atom. The third kappa shape index (κ3) is 1.74. The van der Waals surface area contributed by atoms with Crippen molar-refractivity contribution < 1.29 is 4.74 Å². The number of rotatable bonds is 2. The van der Waals surface area contributed by atoms with Crippen molar-refractivity contribution in [1.82, 2.24) is 9.78 Å². The molecule has 4 nitrogen and oxygen atoms in total. The minimum Gasteiger partial charge on any atom is -0.496 e. The predicted molar refractivity (Wildman–Crippen MR) is 64.0 cm³/mol. The first-order valence-corrected chi connectivity index (χ1v) is 5.08. The Kier molecular flexibility index (Phi) is 2.56. The zero-order valence-electron chi connectivity index (χ0n) is 9.69. The summed E-state index contributed by atoms with van der Waals surface area (Å²) < 4.78 is 6.99. The molecule has 2 aromatic rings. The average Bonchev–Trinajstić information content (AvgIpc) is 2.59. The standard InChI is InChI=1S/C12H15N3O/c1-8-6-10(4-5-11(8)16-3)15-7-9(2)12(13)14-15/h4-7H,1-3H3,(H2,13,14). The zero-order chi connectivity index (χ0) is 11.7. The number of benzene rings is 1. The maximum Gasteiger partial charge on any atom is 0.148 e. The average molecular weight is 217 g/mol. The molecule has 1 heterocycles. The maximum absolute atomic E-state index is 5.72. The molecule has 0 fully saturated rings. The Morgan fingerprint density at radius 1 is 1.25 bits per heavy atom. The fourth-order valence-electron chi connectivity index (χ4n) is 1.61. The van der Waals surface area contributed by atoms with Gasteiger partial charge >= 0.3 is 0 Å². The van der Waals surface area contributed by atoms with Gasteiger partial charge in [0.1, 0.15) is 11.6 Å². The molecule has 0 spiro atoms. The Balaban J connectivity index is 2.45. The molecule has 84 valence electrons. The molecule has 1 aromatic heterocycles. The number of hydrogen-bond acceptors (Lipinski definition) is 3. The number of aryl methyl sites for hydroxylation is 2. The maximum atomic E-state index is 5.72. The van der Waals surface area contributed by atoms with Gasteiger partial charge in [-0.2, -0.15) is 5.10 Å². The Hall–Kier alpha value is -1.97. The molecule has 0 saturated heterocycles. The third-order valence-electron chi connectivity index (χ3n) is 2.58. The zero-order valence-corrected chi connectivity index (χ0v) is 9.69. The molecular formula is C12H15N3O. The molecule has 0 aliphatic rings. The minimum absolute atomic E-state index is 0.563. The molecule has 0 amide bonds. The molecule has 0 unspecified atom stereocenters. The second-order valence-electron chi connectivity index (χ2n) is 3.80. The van der Waals surface area contributed by atoms with Crippen molar-refractivity contribution in [1.29, 1.82) is 0 Å². The molecule has 4 heteroatoms. The van der Waals surface area contributed by atoms with E-state index >= 15 is 0 Å². The van der Waals surface area contributed by atoms with Crippen LogP contribution < -0.4 is 10.5 Å². The minimum atomic E-state index is 0.563. The van der Waals surface area contributed by atoms with Crippen LogP contribution in [0.15, 0.2) is 24.4 Å². The van der Waals surface area contributed by atoms with Crippen LogP contribution in [-0.2, 0) is 0 Å². The molecule has 0 aliphatic carbocycles. The molecule has 2 rings (SSSR count).